The number of carbonyl (C=O) groups excluding carboxylic acids is 1. The number of aryl methyl sites for hydroxylation is 1. The second-order valence-electron chi connectivity index (χ2n) is 8.56. The summed E-state index contributed by atoms with van der Waals surface area (Å²) in [5, 5.41) is 4.58. The van der Waals surface area contributed by atoms with Crippen LogP contribution in [-0.2, 0) is 16.4 Å². The zero-order valence-electron chi connectivity index (χ0n) is 16.4. The summed E-state index contributed by atoms with van der Waals surface area (Å²) >= 11 is 6.44. The first-order valence-electron chi connectivity index (χ1n) is 9.99. The lowest BCUT2D eigenvalue weighted by Gasteiger charge is -2.28. The SMILES string of the molecule is Cc1c(C(=O)NC2CC3CCC(C3)C2)c2cccc(Cl)c2n1CCS(C)(=O)=O. The van der Waals surface area contributed by atoms with E-state index < -0.39 is 9.84 Å². The molecule has 0 radical (unpaired) electrons. The number of hydrogen-bond donors (Lipinski definition) is 1. The number of amides is 1. The topological polar surface area (TPSA) is 68.2 Å². The van der Waals surface area contributed by atoms with Crippen LogP contribution in [0.15, 0.2) is 18.2 Å². The number of nitrogens with one attached hydrogen (secondary N) is 1. The molecule has 2 atom stereocenters. The van der Waals surface area contributed by atoms with E-state index in [1.807, 2.05) is 23.6 Å². The molecule has 5 nitrogen and oxygen atoms in total. The van der Waals surface area contributed by atoms with Crippen molar-refractivity contribution in [2.75, 3.05) is 12.0 Å². The van der Waals surface area contributed by atoms with E-state index in [4.69, 9.17) is 11.6 Å². The average Bonchev–Trinajstić information content (AvgIpc) is 3.09. The molecule has 2 saturated carbocycles. The van der Waals surface area contributed by atoms with Crippen molar-refractivity contribution in [1.29, 1.82) is 0 Å². The summed E-state index contributed by atoms with van der Waals surface area (Å²) < 4.78 is 25.2. The predicted octanol–water partition coefficient (Wildman–Crippen LogP) is 3.96. The minimum absolute atomic E-state index is 0.00981. The maximum Gasteiger partial charge on any atom is 0.253 e. The summed E-state index contributed by atoms with van der Waals surface area (Å²) in [6.07, 6.45) is 7.24. The van der Waals surface area contributed by atoms with Crippen molar-refractivity contribution in [1.82, 2.24) is 9.88 Å². The van der Waals surface area contributed by atoms with Gasteiger partial charge in [0.1, 0.15) is 9.84 Å². The van der Waals surface area contributed by atoms with Gasteiger partial charge < -0.3 is 9.88 Å². The molecule has 2 bridgehead atoms. The number of nitrogens with zero attached hydrogens (tertiary/aromatic N) is 1. The number of sulfone groups is 1. The molecule has 152 valence electrons. The van der Waals surface area contributed by atoms with Gasteiger partial charge >= 0.3 is 0 Å². The van der Waals surface area contributed by atoms with Crippen LogP contribution in [0.25, 0.3) is 10.9 Å². The van der Waals surface area contributed by atoms with E-state index in [1.54, 1.807) is 6.07 Å². The Balaban J connectivity index is 1.67. The number of fused-ring (bicyclic) bond motifs is 3. The normalized spacial score (nSPS) is 24.6. The van der Waals surface area contributed by atoms with Crippen LogP contribution in [0.5, 0.6) is 0 Å². The summed E-state index contributed by atoms with van der Waals surface area (Å²) in [6.45, 7) is 2.16. The molecular weight excluding hydrogens is 396 g/mol. The lowest BCUT2D eigenvalue weighted by atomic mass is 9.85. The summed E-state index contributed by atoms with van der Waals surface area (Å²) in [4.78, 5) is 13.2. The van der Waals surface area contributed by atoms with Crippen LogP contribution >= 0.6 is 11.6 Å². The highest BCUT2D eigenvalue weighted by molar-refractivity contribution is 7.90. The average molecular weight is 423 g/mol. The molecule has 2 aliphatic rings. The molecule has 1 aromatic carbocycles. The summed E-state index contributed by atoms with van der Waals surface area (Å²) in [6, 6.07) is 5.74. The van der Waals surface area contributed by atoms with Gasteiger partial charge in [-0.25, -0.2) is 8.42 Å². The van der Waals surface area contributed by atoms with Crippen LogP contribution in [0.1, 0.15) is 48.2 Å². The van der Waals surface area contributed by atoms with E-state index in [0.29, 0.717) is 10.6 Å². The van der Waals surface area contributed by atoms with Crippen molar-refractivity contribution >= 4 is 38.2 Å². The van der Waals surface area contributed by atoms with Gasteiger partial charge in [-0.15, -0.1) is 0 Å². The molecule has 7 heteroatoms. The van der Waals surface area contributed by atoms with E-state index in [1.165, 1.54) is 25.5 Å². The van der Waals surface area contributed by atoms with Crippen molar-refractivity contribution < 1.29 is 13.2 Å². The zero-order chi connectivity index (χ0) is 20.1. The fraction of sp³-hybridized carbons (Fsp3) is 0.571. The molecule has 1 N–H and O–H groups in total. The Bertz CT molecular complexity index is 1020. The predicted molar refractivity (Wildman–Crippen MR) is 113 cm³/mol. The zero-order valence-corrected chi connectivity index (χ0v) is 17.9. The van der Waals surface area contributed by atoms with Gasteiger partial charge in [0, 0.05) is 29.9 Å². The van der Waals surface area contributed by atoms with Gasteiger partial charge in [0.15, 0.2) is 0 Å². The second kappa shape index (κ2) is 7.38. The Labute approximate surface area is 171 Å². The molecule has 2 fully saturated rings. The number of aromatic nitrogens is 1. The lowest BCUT2D eigenvalue weighted by Crippen LogP contribution is -2.39. The molecule has 1 amide bonds. The largest absolute Gasteiger partial charge is 0.349 e. The minimum atomic E-state index is -3.12. The number of hydrogen-bond acceptors (Lipinski definition) is 3. The van der Waals surface area contributed by atoms with Crippen LogP contribution in [0.3, 0.4) is 0 Å². The first-order chi connectivity index (χ1) is 13.2. The first kappa shape index (κ1) is 19.8. The fourth-order valence-corrected chi connectivity index (χ4v) is 5.99. The third-order valence-electron chi connectivity index (χ3n) is 6.43. The Hall–Kier alpha value is -1.53. The van der Waals surface area contributed by atoms with Gasteiger partial charge in [0.25, 0.3) is 5.91 Å². The maximum absolute atomic E-state index is 13.2. The smallest absolute Gasteiger partial charge is 0.253 e. The molecule has 2 aliphatic carbocycles. The van der Waals surface area contributed by atoms with Crippen LogP contribution in [0, 0.1) is 18.8 Å². The monoisotopic (exact) mass is 422 g/mol. The van der Waals surface area contributed by atoms with Crippen LogP contribution in [-0.4, -0.2) is 36.9 Å². The quantitative estimate of drug-likeness (QED) is 0.792. The highest BCUT2D eigenvalue weighted by atomic mass is 35.5. The third kappa shape index (κ3) is 3.81. The van der Waals surface area contributed by atoms with Crippen LogP contribution in [0.4, 0.5) is 0 Å². The molecule has 0 spiro atoms. The van der Waals surface area contributed by atoms with E-state index in [2.05, 4.69) is 5.32 Å². The molecule has 28 heavy (non-hydrogen) atoms. The fourth-order valence-electron chi connectivity index (χ4n) is 5.20. The van der Waals surface area contributed by atoms with Gasteiger partial charge in [0.2, 0.25) is 0 Å². The van der Waals surface area contributed by atoms with E-state index in [9.17, 15) is 13.2 Å². The summed E-state index contributed by atoms with van der Waals surface area (Å²) in [5.41, 5.74) is 2.12. The van der Waals surface area contributed by atoms with Crippen molar-refractivity contribution in [3.05, 3.63) is 34.5 Å². The molecule has 1 aromatic heterocycles. The Morgan fingerprint density at radius 3 is 2.54 bits per heavy atom. The first-order valence-corrected chi connectivity index (χ1v) is 12.4. The number of halogens is 1. The molecule has 0 saturated heterocycles. The van der Waals surface area contributed by atoms with E-state index in [0.717, 1.165) is 41.3 Å². The standard InChI is InChI=1S/C21H27ClN2O3S/c1-13-19(21(25)23-16-11-14-6-7-15(10-14)12-16)17-4-3-5-18(22)20(17)24(13)8-9-28(2,26)27/h3-5,14-16H,6-12H2,1-2H3,(H,23,25). The highest BCUT2D eigenvalue weighted by Crippen LogP contribution is 2.42. The summed E-state index contributed by atoms with van der Waals surface area (Å²) in [7, 11) is -3.12. The van der Waals surface area contributed by atoms with Gasteiger partial charge in [0.05, 0.1) is 21.9 Å². The molecule has 1 heterocycles. The second-order valence-corrected chi connectivity index (χ2v) is 11.2. The Morgan fingerprint density at radius 1 is 1.21 bits per heavy atom. The molecule has 0 aliphatic heterocycles. The minimum Gasteiger partial charge on any atom is -0.349 e. The third-order valence-corrected chi connectivity index (χ3v) is 7.66. The Morgan fingerprint density at radius 2 is 1.89 bits per heavy atom. The maximum atomic E-state index is 13.2. The van der Waals surface area contributed by atoms with E-state index >= 15 is 0 Å². The van der Waals surface area contributed by atoms with Gasteiger partial charge in [-0.1, -0.05) is 36.6 Å². The van der Waals surface area contributed by atoms with Crippen molar-refractivity contribution in [3.63, 3.8) is 0 Å². The summed E-state index contributed by atoms with van der Waals surface area (Å²) in [5.74, 6) is 1.43. The van der Waals surface area contributed by atoms with Gasteiger partial charge in [-0.05, 0) is 44.1 Å². The number of benzene rings is 1. The van der Waals surface area contributed by atoms with Crippen LogP contribution in [0.2, 0.25) is 5.02 Å². The number of rotatable bonds is 5. The number of carbonyl (C=O) groups is 1. The van der Waals surface area contributed by atoms with Crippen molar-refractivity contribution in [2.45, 2.75) is 51.6 Å². The molecule has 2 aromatic rings. The Kier molecular flexibility index (Phi) is 5.21. The number of para-hydroxylation sites is 1. The van der Waals surface area contributed by atoms with Crippen LogP contribution < -0.4 is 5.32 Å². The molecule has 2 unspecified atom stereocenters. The van der Waals surface area contributed by atoms with Gasteiger partial charge in [-0.2, -0.15) is 0 Å². The van der Waals surface area contributed by atoms with E-state index in [-0.39, 0.29) is 24.2 Å². The molecular formula is C21H27ClN2O3S. The van der Waals surface area contributed by atoms with Gasteiger partial charge in [-0.3, -0.25) is 4.79 Å². The highest BCUT2D eigenvalue weighted by Gasteiger charge is 2.35. The molecule has 4 rings (SSSR count). The van der Waals surface area contributed by atoms with Crippen molar-refractivity contribution in [2.24, 2.45) is 11.8 Å². The lowest BCUT2D eigenvalue weighted by molar-refractivity contribution is 0.0919. The van der Waals surface area contributed by atoms with Crippen molar-refractivity contribution in [3.8, 4) is 0 Å².